The number of thioether (sulfide) groups is 1. The number of methoxy groups -OCH3 is 1. The van der Waals surface area contributed by atoms with E-state index in [9.17, 15) is 0 Å². The van der Waals surface area contributed by atoms with Crippen molar-refractivity contribution in [2.45, 2.75) is 56.7 Å². The summed E-state index contributed by atoms with van der Waals surface area (Å²) in [5, 5.41) is 3.83. The molecule has 0 bridgehead atoms. The second kappa shape index (κ2) is 6.12. The molecule has 2 rings (SSSR count). The van der Waals surface area contributed by atoms with Crippen LogP contribution in [0.1, 0.15) is 38.5 Å². The Morgan fingerprint density at radius 1 is 1.07 bits per heavy atom. The molecule has 88 valence electrons. The molecule has 0 aromatic heterocycles. The lowest BCUT2D eigenvalue weighted by Gasteiger charge is -2.33. The van der Waals surface area contributed by atoms with E-state index >= 15 is 0 Å². The van der Waals surface area contributed by atoms with Gasteiger partial charge < -0.3 is 10.1 Å². The molecular weight excluding hydrogens is 206 g/mol. The highest BCUT2D eigenvalue weighted by molar-refractivity contribution is 7.99. The van der Waals surface area contributed by atoms with E-state index in [1.54, 1.807) is 0 Å². The molecule has 3 heteroatoms. The first kappa shape index (κ1) is 11.7. The number of nitrogens with one attached hydrogen (secondary N) is 1. The number of ether oxygens (including phenoxy) is 1. The Bertz CT molecular complexity index is 174. The third-order valence-corrected chi connectivity index (χ3v) is 4.85. The van der Waals surface area contributed by atoms with Crippen molar-refractivity contribution in [2.24, 2.45) is 0 Å². The lowest BCUT2D eigenvalue weighted by molar-refractivity contribution is 0.0613. The minimum absolute atomic E-state index is 0.531. The van der Waals surface area contributed by atoms with E-state index in [2.05, 4.69) is 17.1 Å². The summed E-state index contributed by atoms with van der Waals surface area (Å²) < 4.78 is 5.40. The fraction of sp³-hybridized carbons (Fsp3) is 1.00. The van der Waals surface area contributed by atoms with Crippen LogP contribution in [0.25, 0.3) is 0 Å². The summed E-state index contributed by atoms with van der Waals surface area (Å²) in [4.78, 5) is 0. The molecule has 1 atom stereocenters. The summed E-state index contributed by atoms with van der Waals surface area (Å²) in [6, 6.07) is 1.55. The minimum atomic E-state index is 0.531. The van der Waals surface area contributed by atoms with Crippen LogP contribution in [0, 0.1) is 0 Å². The van der Waals surface area contributed by atoms with Crippen LogP contribution in [0.5, 0.6) is 0 Å². The van der Waals surface area contributed by atoms with Crippen molar-refractivity contribution in [1.29, 1.82) is 0 Å². The van der Waals surface area contributed by atoms with E-state index in [0.29, 0.717) is 6.10 Å². The number of hydrogen-bond donors (Lipinski definition) is 1. The summed E-state index contributed by atoms with van der Waals surface area (Å²) >= 11 is 2.11. The van der Waals surface area contributed by atoms with E-state index in [-0.39, 0.29) is 0 Å². The molecule has 1 saturated carbocycles. The molecule has 1 aliphatic heterocycles. The fourth-order valence-electron chi connectivity index (χ4n) is 2.67. The first-order valence-corrected chi connectivity index (χ1v) is 7.40. The Labute approximate surface area is 97.5 Å². The third-order valence-electron chi connectivity index (χ3n) is 3.64. The summed E-state index contributed by atoms with van der Waals surface area (Å²) in [6.07, 6.45) is 8.41. The fourth-order valence-corrected chi connectivity index (χ4v) is 3.76. The van der Waals surface area contributed by atoms with Gasteiger partial charge in [-0.1, -0.05) is 0 Å². The van der Waals surface area contributed by atoms with Gasteiger partial charge in [-0.25, -0.2) is 0 Å². The Kier molecular flexibility index (Phi) is 4.79. The number of hydrogen-bond acceptors (Lipinski definition) is 3. The average molecular weight is 229 g/mol. The van der Waals surface area contributed by atoms with E-state index in [1.807, 2.05) is 7.11 Å². The van der Waals surface area contributed by atoms with Crippen molar-refractivity contribution < 1.29 is 4.74 Å². The Balaban J connectivity index is 1.67. The quantitative estimate of drug-likeness (QED) is 0.803. The van der Waals surface area contributed by atoms with Crippen LogP contribution >= 0.6 is 11.8 Å². The van der Waals surface area contributed by atoms with Crippen LogP contribution < -0.4 is 5.32 Å². The summed E-state index contributed by atoms with van der Waals surface area (Å²) in [5.41, 5.74) is 0. The van der Waals surface area contributed by atoms with Gasteiger partial charge in [0, 0.05) is 24.9 Å². The molecule has 2 fully saturated rings. The standard InChI is InChI=1S/C12H23NOS/c1-14-12-6-4-10(5-7-12)13-11-3-2-8-15-9-11/h10-13H,2-9H2,1H3. The van der Waals surface area contributed by atoms with Crippen LogP contribution in [0.2, 0.25) is 0 Å². The summed E-state index contributed by atoms with van der Waals surface area (Å²) in [6.45, 7) is 0. The van der Waals surface area contributed by atoms with Gasteiger partial charge in [-0.2, -0.15) is 11.8 Å². The van der Waals surface area contributed by atoms with Crippen molar-refractivity contribution in [3.63, 3.8) is 0 Å². The van der Waals surface area contributed by atoms with Gasteiger partial charge in [0.1, 0.15) is 0 Å². The number of rotatable bonds is 3. The summed E-state index contributed by atoms with van der Waals surface area (Å²) in [7, 11) is 1.84. The first-order valence-electron chi connectivity index (χ1n) is 6.25. The monoisotopic (exact) mass is 229 g/mol. The van der Waals surface area contributed by atoms with Gasteiger partial charge in [0.15, 0.2) is 0 Å². The maximum Gasteiger partial charge on any atom is 0.0572 e. The maximum absolute atomic E-state index is 5.40. The topological polar surface area (TPSA) is 21.3 Å². The Morgan fingerprint density at radius 3 is 2.47 bits per heavy atom. The third kappa shape index (κ3) is 3.65. The predicted octanol–water partition coefficient (Wildman–Crippen LogP) is 2.43. The summed E-state index contributed by atoms with van der Waals surface area (Å²) in [5.74, 6) is 2.69. The van der Waals surface area contributed by atoms with Crippen LogP contribution in [-0.4, -0.2) is 36.8 Å². The second-order valence-electron chi connectivity index (χ2n) is 4.79. The van der Waals surface area contributed by atoms with Gasteiger partial charge >= 0.3 is 0 Å². The van der Waals surface area contributed by atoms with Crippen molar-refractivity contribution in [1.82, 2.24) is 5.32 Å². The van der Waals surface area contributed by atoms with Crippen molar-refractivity contribution in [2.75, 3.05) is 18.6 Å². The molecular formula is C12H23NOS. The molecule has 1 saturated heterocycles. The molecule has 15 heavy (non-hydrogen) atoms. The lowest BCUT2D eigenvalue weighted by Crippen LogP contribution is -2.43. The van der Waals surface area contributed by atoms with E-state index in [1.165, 1.54) is 50.0 Å². The highest BCUT2D eigenvalue weighted by Crippen LogP contribution is 2.23. The second-order valence-corrected chi connectivity index (χ2v) is 5.94. The highest BCUT2D eigenvalue weighted by Gasteiger charge is 2.23. The van der Waals surface area contributed by atoms with Gasteiger partial charge in [0.2, 0.25) is 0 Å². The Morgan fingerprint density at radius 2 is 1.87 bits per heavy atom. The van der Waals surface area contributed by atoms with Gasteiger partial charge in [-0.05, 0) is 44.3 Å². The molecule has 2 aliphatic rings. The zero-order valence-electron chi connectivity index (χ0n) is 9.71. The largest absolute Gasteiger partial charge is 0.381 e. The van der Waals surface area contributed by atoms with Crippen LogP contribution in [-0.2, 0) is 4.74 Å². The molecule has 0 radical (unpaired) electrons. The van der Waals surface area contributed by atoms with Crippen molar-refractivity contribution in [3.05, 3.63) is 0 Å². The highest BCUT2D eigenvalue weighted by atomic mass is 32.2. The predicted molar refractivity (Wildman–Crippen MR) is 66.5 cm³/mol. The van der Waals surface area contributed by atoms with Gasteiger partial charge in [0.05, 0.1) is 6.10 Å². The zero-order chi connectivity index (χ0) is 10.5. The Hall–Kier alpha value is 0.270. The van der Waals surface area contributed by atoms with Gasteiger partial charge in [0.25, 0.3) is 0 Å². The molecule has 0 amide bonds. The molecule has 0 aromatic rings. The SMILES string of the molecule is COC1CCC(NC2CCCSC2)CC1. The van der Waals surface area contributed by atoms with E-state index < -0.39 is 0 Å². The van der Waals surface area contributed by atoms with Crippen molar-refractivity contribution in [3.8, 4) is 0 Å². The zero-order valence-corrected chi connectivity index (χ0v) is 10.5. The molecule has 2 nitrogen and oxygen atoms in total. The van der Waals surface area contributed by atoms with E-state index in [0.717, 1.165) is 12.1 Å². The molecule has 1 aliphatic carbocycles. The molecule has 0 aromatic carbocycles. The first-order chi connectivity index (χ1) is 7.38. The van der Waals surface area contributed by atoms with Gasteiger partial charge in [-0.3, -0.25) is 0 Å². The smallest absolute Gasteiger partial charge is 0.0572 e. The van der Waals surface area contributed by atoms with Crippen LogP contribution in [0.15, 0.2) is 0 Å². The van der Waals surface area contributed by atoms with Gasteiger partial charge in [-0.15, -0.1) is 0 Å². The molecule has 1 N–H and O–H groups in total. The van der Waals surface area contributed by atoms with Crippen LogP contribution in [0.3, 0.4) is 0 Å². The van der Waals surface area contributed by atoms with Crippen LogP contribution in [0.4, 0.5) is 0 Å². The molecule has 0 spiro atoms. The van der Waals surface area contributed by atoms with Crippen molar-refractivity contribution >= 4 is 11.8 Å². The lowest BCUT2D eigenvalue weighted by atomic mass is 9.92. The normalized spacial score (nSPS) is 37.8. The maximum atomic E-state index is 5.40. The minimum Gasteiger partial charge on any atom is -0.381 e. The van der Waals surface area contributed by atoms with E-state index in [4.69, 9.17) is 4.74 Å². The molecule has 1 unspecified atom stereocenters. The molecule has 1 heterocycles. The average Bonchev–Trinajstić information content (AvgIpc) is 2.31.